The number of thioether (sulfide) groups is 1. The summed E-state index contributed by atoms with van der Waals surface area (Å²) in [4.78, 5) is 49.4. The largest absolute Gasteiger partial charge is 0.342 e. The monoisotopic (exact) mass is 363 g/mol. The number of amides is 3. The highest BCUT2D eigenvalue weighted by Gasteiger charge is 2.36. The van der Waals surface area contributed by atoms with Crippen molar-refractivity contribution in [3.63, 3.8) is 0 Å². The normalized spacial score (nSPS) is 15.8. The van der Waals surface area contributed by atoms with Crippen molar-refractivity contribution < 1.29 is 19.3 Å². The molecule has 1 saturated heterocycles. The zero-order valence-electron chi connectivity index (χ0n) is 13.8. The van der Waals surface area contributed by atoms with Crippen LogP contribution in [0.3, 0.4) is 0 Å². The number of benzene rings is 1. The van der Waals surface area contributed by atoms with E-state index in [-0.39, 0.29) is 23.0 Å². The summed E-state index contributed by atoms with van der Waals surface area (Å²) in [6, 6.07) is 5.75. The van der Waals surface area contributed by atoms with E-state index >= 15 is 0 Å². The molecule has 132 valence electrons. The van der Waals surface area contributed by atoms with Crippen LogP contribution in [0.15, 0.2) is 29.2 Å². The average Bonchev–Trinajstić information content (AvgIpc) is 2.83. The second-order valence-corrected chi connectivity index (χ2v) is 6.18. The van der Waals surface area contributed by atoms with Gasteiger partial charge in [-0.3, -0.25) is 29.4 Å². The number of rotatable bonds is 6. The fourth-order valence-corrected chi connectivity index (χ4v) is 3.17. The van der Waals surface area contributed by atoms with Gasteiger partial charge in [0.05, 0.1) is 9.83 Å². The quantitative estimate of drug-likeness (QED) is 0.437. The van der Waals surface area contributed by atoms with Crippen molar-refractivity contribution in [2.24, 2.45) is 0 Å². The molecular formula is C16H17N3O5S. The lowest BCUT2D eigenvalue weighted by atomic mass is 10.2. The molecule has 0 unspecified atom stereocenters. The van der Waals surface area contributed by atoms with Gasteiger partial charge in [-0.25, -0.2) is 0 Å². The maximum Gasteiger partial charge on any atom is 0.294 e. The summed E-state index contributed by atoms with van der Waals surface area (Å²) in [5.74, 6) is -0.870. The van der Waals surface area contributed by atoms with Crippen LogP contribution in [0.5, 0.6) is 0 Å². The van der Waals surface area contributed by atoms with E-state index in [1.54, 1.807) is 6.07 Å². The number of hydrogen-bond donors (Lipinski definition) is 0. The molecule has 1 fully saturated rings. The van der Waals surface area contributed by atoms with E-state index in [1.165, 1.54) is 29.2 Å². The van der Waals surface area contributed by atoms with Crippen molar-refractivity contribution in [1.82, 2.24) is 9.80 Å². The number of hydrogen-bond acceptors (Lipinski definition) is 6. The number of nitro benzene ring substituents is 1. The highest BCUT2D eigenvalue weighted by molar-refractivity contribution is 8.18. The molecule has 0 bridgehead atoms. The van der Waals surface area contributed by atoms with Crippen LogP contribution in [0, 0.1) is 10.1 Å². The lowest BCUT2D eigenvalue weighted by Crippen LogP contribution is -2.41. The summed E-state index contributed by atoms with van der Waals surface area (Å²) in [6.45, 7) is 4.32. The molecule has 1 aliphatic heterocycles. The van der Waals surface area contributed by atoms with Gasteiger partial charge in [-0.15, -0.1) is 0 Å². The van der Waals surface area contributed by atoms with Gasteiger partial charge < -0.3 is 4.90 Å². The predicted octanol–water partition coefficient (Wildman–Crippen LogP) is 2.50. The number of carbonyl (C=O) groups excluding carboxylic acids is 3. The molecular weight excluding hydrogens is 346 g/mol. The summed E-state index contributed by atoms with van der Waals surface area (Å²) < 4.78 is 0. The zero-order chi connectivity index (χ0) is 18.6. The van der Waals surface area contributed by atoms with E-state index in [9.17, 15) is 24.5 Å². The lowest BCUT2D eigenvalue weighted by Gasteiger charge is -2.21. The highest BCUT2D eigenvalue weighted by atomic mass is 32.2. The standard InChI is InChI=1S/C16H17N3O5S/c1-3-17(4-2)14(20)10-18-15(21)13(25-16(18)22)9-11-6-5-7-12(8-11)19(23)24/h5-9H,3-4,10H2,1-2H3/b13-9-. The Morgan fingerprint density at radius 1 is 1.32 bits per heavy atom. The van der Waals surface area contributed by atoms with Gasteiger partial charge in [-0.2, -0.15) is 0 Å². The first kappa shape index (κ1) is 18.7. The van der Waals surface area contributed by atoms with Crippen LogP contribution in [-0.2, 0) is 9.59 Å². The summed E-state index contributed by atoms with van der Waals surface area (Å²) in [6.07, 6.45) is 1.42. The van der Waals surface area contributed by atoms with Gasteiger partial charge >= 0.3 is 0 Å². The molecule has 0 atom stereocenters. The van der Waals surface area contributed by atoms with E-state index in [1.807, 2.05) is 13.8 Å². The Labute approximate surface area is 148 Å². The highest BCUT2D eigenvalue weighted by Crippen LogP contribution is 2.32. The van der Waals surface area contributed by atoms with Crippen LogP contribution in [0.2, 0.25) is 0 Å². The zero-order valence-corrected chi connectivity index (χ0v) is 14.6. The Morgan fingerprint density at radius 3 is 2.60 bits per heavy atom. The minimum atomic E-state index is -0.568. The van der Waals surface area contributed by atoms with Gasteiger partial charge in [0.25, 0.3) is 16.8 Å². The second kappa shape index (κ2) is 7.93. The van der Waals surface area contributed by atoms with E-state index in [0.29, 0.717) is 18.7 Å². The van der Waals surface area contributed by atoms with Crippen molar-refractivity contribution in [3.8, 4) is 0 Å². The number of nitro groups is 1. The first-order valence-corrected chi connectivity index (χ1v) is 8.46. The van der Waals surface area contributed by atoms with Crippen LogP contribution in [0.4, 0.5) is 10.5 Å². The minimum Gasteiger partial charge on any atom is -0.342 e. The van der Waals surface area contributed by atoms with Gasteiger partial charge in [-0.1, -0.05) is 12.1 Å². The molecule has 1 aromatic rings. The van der Waals surface area contributed by atoms with E-state index in [0.717, 1.165) is 16.7 Å². The molecule has 0 N–H and O–H groups in total. The Kier molecular flexibility index (Phi) is 5.92. The molecule has 1 heterocycles. The number of imide groups is 1. The summed E-state index contributed by atoms with van der Waals surface area (Å²) in [7, 11) is 0. The fraction of sp³-hybridized carbons (Fsp3) is 0.312. The Bertz CT molecular complexity index is 758. The molecule has 2 rings (SSSR count). The summed E-state index contributed by atoms with van der Waals surface area (Å²) in [5, 5.41) is 10.3. The summed E-state index contributed by atoms with van der Waals surface area (Å²) >= 11 is 0.718. The average molecular weight is 363 g/mol. The Hall–Kier alpha value is -2.68. The van der Waals surface area contributed by atoms with Crippen molar-refractivity contribution in [2.45, 2.75) is 13.8 Å². The van der Waals surface area contributed by atoms with Crippen LogP contribution < -0.4 is 0 Å². The maximum atomic E-state index is 12.4. The van der Waals surface area contributed by atoms with Gasteiger partial charge in [0.1, 0.15) is 6.54 Å². The van der Waals surface area contributed by atoms with Gasteiger partial charge in [0.2, 0.25) is 5.91 Å². The van der Waals surface area contributed by atoms with Crippen LogP contribution in [0.1, 0.15) is 19.4 Å². The fourth-order valence-electron chi connectivity index (χ4n) is 2.33. The predicted molar refractivity (Wildman–Crippen MR) is 93.7 cm³/mol. The number of nitrogens with zero attached hydrogens (tertiary/aromatic N) is 3. The number of non-ortho nitro benzene ring substituents is 1. The second-order valence-electron chi connectivity index (χ2n) is 5.19. The molecule has 0 spiro atoms. The maximum absolute atomic E-state index is 12.4. The third kappa shape index (κ3) is 4.24. The smallest absolute Gasteiger partial charge is 0.294 e. The molecule has 8 nitrogen and oxygen atoms in total. The Balaban J connectivity index is 2.19. The molecule has 3 amide bonds. The first-order valence-electron chi connectivity index (χ1n) is 7.65. The van der Waals surface area contributed by atoms with Gasteiger partial charge in [0.15, 0.2) is 0 Å². The van der Waals surface area contributed by atoms with Gasteiger partial charge in [-0.05, 0) is 37.2 Å². The molecule has 1 aliphatic rings. The number of carbonyl (C=O) groups is 3. The van der Waals surface area contributed by atoms with E-state index in [4.69, 9.17) is 0 Å². The minimum absolute atomic E-state index is 0.107. The number of likely N-dealkylation sites (N-methyl/N-ethyl adjacent to an activating group) is 1. The molecule has 0 saturated carbocycles. The SMILES string of the molecule is CCN(CC)C(=O)CN1C(=O)S/C(=C\c2cccc([N+](=O)[O-])c2)C1=O. The topological polar surface area (TPSA) is 101 Å². The van der Waals surface area contributed by atoms with Crippen LogP contribution in [0.25, 0.3) is 6.08 Å². The van der Waals surface area contributed by atoms with E-state index in [2.05, 4.69) is 0 Å². The molecule has 0 radical (unpaired) electrons. The van der Waals surface area contributed by atoms with Crippen molar-refractivity contribution in [2.75, 3.05) is 19.6 Å². The van der Waals surface area contributed by atoms with Crippen molar-refractivity contribution in [3.05, 3.63) is 44.8 Å². The van der Waals surface area contributed by atoms with Crippen molar-refractivity contribution >= 4 is 40.6 Å². The molecule has 1 aromatic carbocycles. The van der Waals surface area contributed by atoms with Crippen LogP contribution >= 0.6 is 11.8 Å². The van der Waals surface area contributed by atoms with Crippen LogP contribution in [-0.4, -0.2) is 51.4 Å². The molecule has 0 aliphatic carbocycles. The van der Waals surface area contributed by atoms with Crippen molar-refractivity contribution in [1.29, 1.82) is 0 Å². The molecule has 25 heavy (non-hydrogen) atoms. The molecule has 0 aromatic heterocycles. The lowest BCUT2D eigenvalue weighted by molar-refractivity contribution is -0.384. The summed E-state index contributed by atoms with van der Waals surface area (Å²) in [5.41, 5.74) is 0.333. The third-order valence-corrected chi connectivity index (χ3v) is 4.57. The first-order chi connectivity index (χ1) is 11.9. The Morgan fingerprint density at radius 2 is 2.00 bits per heavy atom. The molecule has 9 heteroatoms. The van der Waals surface area contributed by atoms with E-state index < -0.39 is 16.1 Å². The van der Waals surface area contributed by atoms with Gasteiger partial charge in [0, 0.05) is 25.2 Å². The third-order valence-electron chi connectivity index (χ3n) is 3.66.